The molecule has 1 N–H and O–H groups in total. The lowest BCUT2D eigenvalue weighted by Gasteiger charge is -2.57. The molecule has 7 heteroatoms. The Bertz CT molecular complexity index is 907. The summed E-state index contributed by atoms with van der Waals surface area (Å²) < 4.78 is 12.6. The number of ether oxygens (including phenoxy) is 2. The molecule has 7 nitrogen and oxygen atoms in total. The van der Waals surface area contributed by atoms with Crippen LogP contribution in [0.4, 0.5) is 0 Å². The Hall–Kier alpha value is -1.67. The van der Waals surface area contributed by atoms with Crippen LogP contribution in [0.1, 0.15) is 69.3 Å². The van der Waals surface area contributed by atoms with Gasteiger partial charge in [0.15, 0.2) is 6.61 Å². The minimum atomic E-state index is -0.556. The molecule has 190 valence electrons. The number of amides is 1. The molecule has 1 aromatic carbocycles. The summed E-state index contributed by atoms with van der Waals surface area (Å²) in [6, 6.07) is 8.30. The van der Waals surface area contributed by atoms with Gasteiger partial charge in [0, 0.05) is 50.9 Å². The summed E-state index contributed by atoms with van der Waals surface area (Å²) in [4.78, 5) is 26.5. The van der Waals surface area contributed by atoms with Gasteiger partial charge in [0.05, 0.1) is 0 Å². The van der Waals surface area contributed by atoms with Crippen LogP contribution in [-0.2, 0) is 19.3 Å². The predicted molar refractivity (Wildman–Crippen MR) is 128 cm³/mol. The van der Waals surface area contributed by atoms with E-state index in [-0.39, 0.29) is 12.5 Å². The SMILES string of the molecule is O=C(COc1ccc([C@H]2CC[C@]3(CC2)OO[C@]2(O3)C3CC4CC(C3)CC2C4)cc1)N1CCNCC1. The van der Waals surface area contributed by atoms with Gasteiger partial charge in [-0.05, 0) is 80.4 Å². The van der Waals surface area contributed by atoms with Crippen LogP contribution in [0.5, 0.6) is 5.75 Å². The van der Waals surface area contributed by atoms with Crippen LogP contribution in [0.15, 0.2) is 24.3 Å². The molecule has 7 aliphatic rings. The third-order valence-electron chi connectivity index (χ3n) is 9.88. The van der Waals surface area contributed by atoms with Crippen molar-refractivity contribution in [3.8, 4) is 5.75 Å². The summed E-state index contributed by atoms with van der Waals surface area (Å²) in [6.07, 6.45) is 10.3. The number of nitrogens with one attached hydrogen (secondary N) is 1. The zero-order chi connectivity index (χ0) is 23.5. The molecular formula is C28H38N2O5. The van der Waals surface area contributed by atoms with Gasteiger partial charge in [-0.2, -0.15) is 9.78 Å². The van der Waals surface area contributed by atoms with Crippen molar-refractivity contribution in [3.63, 3.8) is 0 Å². The van der Waals surface area contributed by atoms with E-state index in [9.17, 15) is 4.79 Å². The summed E-state index contributed by atoms with van der Waals surface area (Å²) in [6.45, 7) is 3.33. The molecule has 2 saturated heterocycles. The molecule has 0 atom stereocenters. The highest BCUT2D eigenvalue weighted by atomic mass is 17.3. The molecule has 5 aliphatic carbocycles. The van der Waals surface area contributed by atoms with Crippen LogP contribution >= 0.6 is 0 Å². The van der Waals surface area contributed by atoms with Gasteiger partial charge in [-0.15, -0.1) is 0 Å². The minimum Gasteiger partial charge on any atom is -0.484 e. The van der Waals surface area contributed by atoms with Crippen LogP contribution in [0.2, 0.25) is 0 Å². The Morgan fingerprint density at radius 1 is 0.943 bits per heavy atom. The number of nitrogens with zero attached hydrogens (tertiary/aromatic N) is 1. The van der Waals surface area contributed by atoms with Crippen molar-refractivity contribution >= 4 is 5.91 Å². The standard InChI is InChI=1S/C28H38N2O5/c31-26(30-11-9-29-10-12-30)18-32-25-3-1-21(2-4-25)22-5-7-27(8-6-22)33-28(35-34-27)23-14-19-13-20(16-23)17-24(28)15-19/h1-4,19-20,22-24,29H,5-18H2/t19?,20?,22-,23?,24?,27+,28-. The predicted octanol–water partition coefficient (Wildman–Crippen LogP) is 3.98. The van der Waals surface area contributed by atoms with Gasteiger partial charge in [-0.3, -0.25) is 4.79 Å². The molecule has 7 fully saturated rings. The van der Waals surface area contributed by atoms with Gasteiger partial charge in [0.25, 0.3) is 5.91 Å². The monoisotopic (exact) mass is 482 g/mol. The van der Waals surface area contributed by atoms with Crippen LogP contribution in [0, 0.1) is 23.7 Å². The van der Waals surface area contributed by atoms with Gasteiger partial charge in [-0.25, -0.2) is 0 Å². The summed E-state index contributed by atoms with van der Waals surface area (Å²) in [5, 5.41) is 3.27. The maximum absolute atomic E-state index is 12.3. The van der Waals surface area contributed by atoms with Gasteiger partial charge < -0.3 is 19.7 Å². The number of hydrogen-bond donors (Lipinski definition) is 1. The van der Waals surface area contributed by atoms with E-state index in [1.54, 1.807) is 0 Å². The van der Waals surface area contributed by atoms with E-state index in [1.807, 2.05) is 17.0 Å². The lowest BCUT2D eigenvalue weighted by Crippen LogP contribution is -2.59. The van der Waals surface area contributed by atoms with Crippen molar-refractivity contribution < 1.29 is 24.0 Å². The Kier molecular flexibility index (Phi) is 5.61. The molecular weight excluding hydrogens is 444 g/mol. The first-order valence-electron chi connectivity index (χ1n) is 13.9. The third kappa shape index (κ3) is 3.99. The maximum atomic E-state index is 12.3. The largest absolute Gasteiger partial charge is 0.484 e. The van der Waals surface area contributed by atoms with Gasteiger partial charge in [0.2, 0.25) is 11.6 Å². The van der Waals surface area contributed by atoms with Crippen molar-refractivity contribution in [2.45, 2.75) is 75.3 Å². The average Bonchev–Trinajstić information content (AvgIpc) is 3.26. The van der Waals surface area contributed by atoms with Crippen LogP contribution < -0.4 is 10.1 Å². The zero-order valence-electron chi connectivity index (χ0n) is 20.6. The molecule has 1 aromatic rings. The van der Waals surface area contributed by atoms with Crippen molar-refractivity contribution in [3.05, 3.63) is 29.8 Å². The maximum Gasteiger partial charge on any atom is 0.260 e. The van der Waals surface area contributed by atoms with E-state index in [2.05, 4.69) is 17.4 Å². The Morgan fingerprint density at radius 3 is 2.26 bits per heavy atom. The average molecular weight is 483 g/mol. The molecule has 1 amide bonds. The summed E-state index contributed by atoms with van der Waals surface area (Å²) in [5.74, 6) is 3.07. The highest BCUT2D eigenvalue weighted by Crippen LogP contribution is 2.64. The Morgan fingerprint density at radius 2 is 1.60 bits per heavy atom. The second kappa shape index (κ2) is 8.72. The van der Waals surface area contributed by atoms with Crippen molar-refractivity contribution in [1.82, 2.24) is 10.2 Å². The van der Waals surface area contributed by atoms with Crippen molar-refractivity contribution in [1.29, 1.82) is 0 Å². The van der Waals surface area contributed by atoms with Gasteiger partial charge >= 0.3 is 0 Å². The first-order chi connectivity index (χ1) is 17.1. The van der Waals surface area contributed by atoms with Crippen LogP contribution in [-0.4, -0.2) is 55.2 Å². The first-order valence-corrected chi connectivity index (χ1v) is 13.9. The molecule has 2 aliphatic heterocycles. The first kappa shape index (κ1) is 22.5. The minimum absolute atomic E-state index is 0.0591. The van der Waals surface area contributed by atoms with E-state index in [0.29, 0.717) is 17.8 Å². The number of rotatable bonds is 4. The highest BCUT2D eigenvalue weighted by Gasteiger charge is 2.66. The molecule has 2 heterocycles. The van der Waals surface area contributed by atoms with Crippen LogP contribution in [0.3, 0.4) is 0 Å². The van der Waals surface area contributed by atoms with E-state index in [0.717, 1.165) is 69.4 Å². The molecule has 0 radical (unpaired) electrons. The molecule has 5 saturated carbocycles. The smallest absolute Gasteiger partial charge is 0.260 e. The van der Waals surface area contributed by atoms with E-state index < -0.39 is 11.6 Å². The molecule has 0 unspecified atom stereocenters. The number of piperazine rings is 1. The molecule has 4 bridgehead atoms. The van der Waals surface area contributed by atoms with Crippen molar-refractivity contribution in [2.24, 2.45) is 23.7 Å². The quantitative estimate of drug-likeness (QED) is 0.655. The summed E-state index contributed by atoms with van der Waals surface area (Å²) >= 11 is 0. The fourth-order valence-corrected chi connectivity index (χ4v) is 8.17. The molecule has 8 rings (SSSR count). The lowest BCUT2D eigenvalue weighted by molar-refractivity contribution is -0.390. The van der Waals surface area contributed by atoms with Crippen LogP contribution in [0.25, 0.3) is 0 Å². The Labute approximate surface area is 207 Å². The summed E-state index contributed by atoms with van der Waals surface area (Å²) in [5.41, 5.74) is 1.32. The molecule has 2 spiro atoms. The molecule has 35 heavy (non-hydrogen) atoms. The lowest BCUT2D eigenvalue weighted by atomic mass is 9.53. The number of benzene rings is 1. The van der Waals surface area contributed by atoms with E-state index >= 15 is 0 Å². The topological polar surface area (TPSA) is 69.3 Å². The third-order valence-corrected chi connectivity index (χ3v) is 9.88. The van der Waals surface area contributed by atoms with Crippen molar-refractivity contribution in [2.75, 3.05) is 32.8 Å². The fourth-order valence-electron chi connectivity index (χ4n) is 8.17. The zero-order valence-corrected chi connectivity index (χ0v) is 20.6. The van der Waals surface area contributed by atoms with E-state index in [1.165, 1.54) is 37.7 Å². The fraction of sp³-hybridized carbons (Fsp3) is 0.750. The highest BCUT2D eigenvalue weighted by molar-refractivity contribution is 5.77. The Balaban J connectivity index is 0.936. The summed E-state index contributed by atoms with van der Waals surface area (Å²) in [7, 11) is 0. The van der Waals surface area contributed by atoms with E-state index in [4.69, 9.17) is 19.2 Å². The normalized spacial score (nSPS) is 42.2. The second-order valence-electron chi connectivity index (χ2n) is 12.0. The van der Waals surface area contributed by atoms with Gasteiger partial charge in [-0.1, -0.05) is 12.1 Å². The number of carbonyl (C=O) groups excluding carboxylic acids is 1. The number of carbonyl (C=O) groups is 1. The second-order valence-corrected chi connectivity index (χ2v) is 12.0. The van der Waals surface area contributed by atoms with Gasteiger partial charge in [0.1, 0.15) is 5.75 Å². The number of hydrogen-bond acceptors (Lipinski definition) is 6. The molecule has 0 aromatic heterocycles.